The van der Waals surface area contributed by atoms with E-state index < -0.39 is 0 Å². The summed E-state index contributed by atoms with van der Waals surface area (Å²) in [5.74, 6) is -0.241. The zero-order valence-electron chi connectivity index (χ0n) is 11.1. The molecule has 1 heterocycles. The predicted molar refractivity (Wildman–Crippen MR) is 74.8 cm³/mol. The molecule has 0 spiro atoms. The van der Waals surface area contributed by atoms with Crippen LogP contribution < -0.4 is 5.32 Å². The minimum absolute atomic E-state index is 0.0722. The first-order chi connectivity index (χ1) is 9.11. The van der Waals surface area contributed by atoms with Crippen LogP contribution in [0, 0.1) is 12.7 Å². The Morgan fingerprint density at radius 2 is 2.11 bits per heavy atom. The Hall–Kier alpha value is -1.46. The van der Waals surface area contributed by atoms with Gasteiger partial charge in [0, 0.05) is 17.9 Å². The molecule has 2 aromatic rings. The molecule has 0 saturated carbocycles. The third-order valence-corrected chi connectivity index (χ3v) is 3.88. The van der Waals surface area contributed by atoms with Gasteiger partial charge in [0.15, 0.2) is 5.16 Å². The molecular weight excluding hydrogens is 261 g/mol. The zero-order valence-corrected chi connectivity index (χ0v) is 12.0. The molecule has 0 aliphatic heterocycles. The van der Waals surface area contributed by atoms with Crippen LogP contribution in [0.2, 0.25) is 0 Å². The van der Waals surface area contributed by atoms with E-state index in [1.165, 1.54) is 17.8 Å². The van der Waals surface area contributed by atoms with Crippen LogP contribution in [0.3, 0.4) is 0 Å². The van der Waals surface area contributed by atoms with E-state index in [1.807, 2.05) is 33.0 Å². The summed E-state index contributed by atoms with van der Waals surface area (Å²) in [7, 11) is 1.85. The summed E-state index contributed by atoms with van der Waals surface area (Å²) in [6.45, 7) is 3.89. The largest absolute Gasteiger partial charge is 0.313 e. The summed E-state index contributed by atoms with van der Waals surface area (Å²) >= 11 is 1.26. The molecule has 100 valence electrons. The molecule has 0 saturated heterocycles. The average Bonchev–Trinajstić information content (AvgIpc) is 2.40. The molecule has 1 N–H and O–H groups in total. The molecule has 0 aliphatic carbocycles. The molecule has 0 bridgehead atoms. The standard InChI is InChI=1S/C14H16FN3S/c1-9-7-8-17-14(18-9)19-13-11(10(2)16-3)5-4-6-12(13)15/h4-8,10,16H,1-3H3. The molecule has 1 aromatic heterocycles. The summed E-state index contributed by atoms with van der Waals surface area (Å²) in [6.07, 6.45) is 1.69. The number of hydrogen-bond donors (Lipinski definition) is 1. The van der Waals surface area contributed by atoms with Gasteiger partial charge in [0.05, 0.1) is 4.90 Å². The van der Waals surface area contributed by atoms with E-state index in [1.54, 1.807) is 12.3 Å². The number of aryl methyl sites for hydroxylation is 1. The number of nitrogens with one attached hydrogen (secondary N) is 1. The van der Waals surface area contributed by atoms with Crippen molar-refractivity contribution in [1.29, 1.82) is 0 Å². The normalized spacial score (nSPS) is 12.4. The molecule has 1 aromatic carbocycles. The third-order valence-electron chi connectivity index (χ3n) is 2.86. The van der Waals surface area contributed by atoms with Gasteiger partial charge in [-0.15, -0.1) is 0 Å². The number of benzene rings is 1. The van der Waals surface area contributed by atoms with Crippen LogP contribution >= 0.6 is 11.8 Å². The minimum Gasteiger partial charge on any atom is -0.313 e. The SMILES string of the molecule is CNC(C)c1cccc(F)c1Sc1nccc(C)n1. The van der Waals surface area contributed by atoms with E-state index in [4.69, 9.17) is 0 Å². The maximum absolute atomic E-state index is 14.0. The maximum Gasteiger partial charge on any atom is 0.192 e. The molecule has 2 rings (SSSR count). The van der Waals surface area contributed by atoms with E-state index in [2.05, 4.69) is 15.3 Å². The Bertz CT molecular complexity index is 574. The van der Waals surface area contributed by atoms with Crippen LogP contribution in [0.5, 0.6) is 0 Å². The second kappa shape index (κ2) is 6.12. The summed E-state index contributed by atoms with van der Waals surface area (Å²) in [4.78, 5) is 9.05. The van der Waals surface area contributed by atoms with Crippen molar-refractivity contribution in [3.63, 3.8) is 0 Å². The molecule has 1 unspecified atom stereocenters. The Labute approximate surface area is 116 Å². The Morgan fingerprint density at radius 3 is 2.79 bits per heavy atom. The fourth-order valence-corrected chi connectivity index (χ4v) is 2.71. The third kappa shape index (κ3) is 3.30. The van der Waals surface area contributed by atoms with Crippen LogP contribution in [-0.4, -0.2) is 17.0 Å². The van der Waals surface area contributed by atoms with Crippen molar-refractivity contribution in [2.45, 2.75) is 29.9 Å². The highest BCUT2D eigenvalue weighted by atomic mass is 32.2. The molecule has 0 radical (unpaired) electrons. The topological polar surface area (TPSA) is 37.8 Å². The van der Waals surface area contributed by atoms with Gasteiger partial charge < -0.3 is 5.32 Å². The molecule has 1 atom stereocenters. The molecule has 0 fully saturated rings. The van der Waals surface area contributed by atoms with Gasteiger partial charge >= 0.3 is 0 Å². The van der Waals surface area contributed by atoms with Crippen molar-refractivity contribution in [2.75, 3.05) is 7.05 Å². The van der Waals surface area contributed by atoms with Crippen LogP contribution in [0.25, 0.3) is 0 Å². The first kappa shape index (κ1) is 14.0. The van der Waals surface area contributed by atoms with Crippen molar-refractivity contribution in [3.05, 3.63) is 47.5 Å². The fraction of sp³-hybridized carbons (Fsp3) is 0.286. The van der Waals surface area contributed by atoms with E-state index in [9.17, 15) is 4.39 Å². The van der Waals surface area contributed by atoms with Gasteiger partial charge in [0.1, 0.15) is 5.82 Å². The van der Waals surface area contributed by atoms with Gasteiger partial charge in [-0.25, -0.2) is 14.4 Å². The summed E-state index contributed by atoms with van der Waals surface area (Å²) in [5.41, 5.74) is 1.79. The van der Waals surface area contributed by atoms with Crippen LogP contribution in [0.1, 0.15) is 24.2 Å². The molecule has 5 heteroatoms. The maximum atomic E-state index is 14.0. The molecular formula is C14H16FN3S. The molecule has 0 aliphatic rings. The number of hydrogen-bond acceptors (Lipinski definition) is 4. The highest BCUT2D eigenvalue weighted by Gasteiger charge is 2.15. The van der Waals surface area contributed by atoms with Crippen molar-refractivity contribution >= 4 is 11.8 Å². The van der Waals surface area contributed by atoms with Crippen LogP contribution in [0.15, 0.2) is 40.5 Å². The Kier molecular flexibility index (Phi) is 4.50. The van der Waals surface area contributed by atoms with Gasteiger partial charge in [-0.05, 0) is 50.4 Å². The van der Waals surface area contributed by atoms with E-state index in [-0.39, 0.29) is 11.9 Å². The first-order valence-corrected chi connectivity index (χ1v) is 6.86. The monoisotopic (exact) mass is 277 g/mol. The van der Waals surface area contributed by atoms with Crippen molar-refractivity contribution in [1.82, 2.24) is 15.3 Å². The van der Waals surface area contributed by atoms with Crippen LogP contribution in [-0.2, 0) is 0 Å². The lowest BCUT2D eigenvalue weighted by Gasteiger charge is -2.15. The van der Waals surface area contributed by atoms with Crippen LogP contribution in [0.4, 0.5) is 4.39 Å². The average molecular weight is 277 g/mol. The summed E-state index contributed by atoms with van der Waals surface area (Å²) in [6, 6.07) is 7.00. The van der Waals surface area contributed by atoms with Gasteiger partial charge in [-0.2, -0.15) is 0 Å². The van der Waals surface area contributed by atoms with Crippen molar-refractivity contribution < 1.29 is 4.39 Å². The van der Waals surface area contributed by atoms with Gasteiger partial charge in [-0.1, -0.05) is 12.1 Å². The van der Waals surface area contributed by atoms with Gasteiger partial charge in [0.2, 0.25) is 0 Å². The van der Waals surface area contributed by atoms with Crippen molar-refractivity contribution in [3.8, 4) is 0 Å². The van der Waals surface area contributed by atoms with E-state index in [0.29, 0.717) is 10.1 Å². The Balaban J connectivity index is 2.38. The fourth-order valence-electron chi connectivity index (χ4n) is 1.70. The predicted octanol–water partition coefficient (Wildman–Crippen LogP) is 3.36. The smallest absolute Gasteiger partial charge is 0.192 e. The van der Waals surface area contributed by atoms with Gasteiger partial charge in [-0.3, -0.25) is 0 Å². The van der Waals surface area contributed by atoms with E-state index in [0.717, 1.165) is 11.3 Å². The first-order valence-electron chi connectivity index (χ1n) is 6.05. The lowest BCUT2D eigenvalue weighted by atomic mass is 10.1. The minimum atomic E-state index is -0.241. The number of rotatable bonds is 4. The molecule has 3 nitrogen and oxygen atoms in total. The number of aromatic nitrogens is 2. The number of halogens is 1. The lowest BCUT2D eigenvalue weighted by molar-refractivity contribution is 0.575. The van der Waals surface area contributed by atoms with Gasteiger partial charge in [0.25, 0.3) is 0 Å². The Morgan fingerprint density at radius 1 is 1.32 bits per heavy atom. The quantitative estimate of drug-likeness (QED) is 0.870. The highest BCUT2D eigenvalue weighted by molar-refractivity contribution is 7.99. The summed E-state index contributed by atoms with van der Waals surface area (Å²) < 4.78 is 14.0. The summed E-state index contributed by atoms with van der Waals surface area (Å²) in [5, 5.41) is 3.69. The van der Waals surface area contributed by atoms with Crippen molar-refractivity contribution in [2.24, 2.45) is 0 Å². The second-order valence-corrected chi connectivity index (χ2v) is 5.23. The molecule has 0 amide bonds. The zero-order chi connectivity index (χ0) is 13.8. The second-order valence-electron chi connectivity index (χ2n) is 4.25. The molecule has 19 heavy (non-hydrogen) atoms. The lowest BCUT2D eigenvalue weighted by Crippen LogP contribution is -2.13. The number of nitrogens with zero attached hydrogens (tertiary/aromatic N) is 2. The van der Waals surface area contributed by atoms with E-state index >= 15 is 0 Å². The highest BCUT2D eigenvalue weighted by Crippen LogP contribution is 2.33.